The first kappa shape index (κ1) is 6.73. The molecular weight excluding hydrogens is 158 g/mol. The summed E-state index contributed by atoms with van der Waals surface area (Å²) in [6, 6.07) is 0. The van der Waals surface area contributed by atoms with E-state index in [0.29, 0.717) is 0 Å². The zero-order valence-electron chi connectivity index (χ0n) is 6.34. The van der Waals surface area contributed by atoms with Crippen LogP contribution in [0.1, 0.15) is 25.7 Å². The highest BCUT2D eigenvalue weighted by Gasteiger charge is 2.21. The fourth-order valence-electron chi connectivity index (χ4n) is 1.19. The van der Waals surface area contributed by atoms with Crippen molar-refractivity contribution in [2.24, 2.45) is 4.99 Å². The number of rotatable bonds is 0. The Morgan fingerprint density at radius 3 is 2.82 bits per heavy atom. The molecule has 1 amide bonds. The molecule has 0 saturated heterocycles. The Bertz CT molecular complexity index is 362. The monoisotopic (exact) mass is 165 g/mol. The first-order valence-corrected chi connectivity index (χ1v) is 4.20. The van der Waals surface area contributed by atoms with Crippen LogP contribution in [0, 0.1) is 13.8 Å². The van der Waals surface area contributed by atoms with Crippen LogP contribution in [0.5, 0.6) is 0 Å². The van der Waals surface area contributed by atoms with Gasteiger partial charge < -0.3 is 0 Å². The maximum Gasteiger partial charge on any atom is 0.278 e. The third-order valence-corrected chi connectivity index (χ3v) is 3.07. The number of amides is 1. The van der Waals surface area contributed by atoms with Crippen LogP contribution in [0.25, 0.3) is 0 Å². The van der Waals surface area contributed by atoms with Crippen LogP contribution < -0.4 is 0 Å². The van der Waals surface area contributed by atoms with Crippen molar-refractivity contribution < 1.29 is 4.79 Å². The summed E-state index contributed by atoms with van der Waals surface area (Å²) in [7, 11) is 0. The first-order valence-electron chi connectivity index (χ1n) is 3.38. The summed E-state index contributed by atoms with van der Waals surface area (Å²) in [5.41, 5.74) is 1.90. The number of hydrogen-bond donors (Lipinski definition) is 0. The van der Waals surface area contributed by atoms with Gasteiger partial charge in [0.15, 0.2) is 0 Å². The van der Waals surface area contributed by atoms with E-state index in [1.165, 1.54) is 4.88 Å². The van der Waals surface area contributed by atoms with E-state index in [1.54, 1.807) is 17.6 Å². The lowest BCUT2D eigenvalue weighted by molar-refractivity contribution is 0.101. The van der Waals surface area contributed by atoms with Crippen molar-refractivity contribution in [3.63, 3.8) is 0 Å². The highest BCUT2D eigenvalue weighted by molar-refractivity contribution is 7.14. The van der Waals surface area contributed by atoms with Crippen molar-refractivity contribution in [3.05, 3.63) is 20.9 Å². The van der Waals surface area contributed by atoms with Crippen LogP contribution in [0.3, 0.4) is 0 Å². The molecule has 3 heteroatoms. The maximum atomic E-state index is 11.1. The van der Waals surface area contributed by atoms with Crippen molar-refractivity contribution in [2.45, 2.75) is 13.8 Å². The largest absolute Gasteiger partial charge is 0.278 e. The zero-order valence-corrected chi connectivity index (χ0v) is 7.16. The highest BCUT2D eigenvalue weighted by atomic mass is 32.1. The molecule has 0 saturated carbocycles. The minimum atomic E-state index is -0.0816. The SMILES string of the molecule is Cc1sc2c(c1C)C(=O)N=C2. The molecule has 1 aliphatic heterocycles. The van der Waals surface area contributed by atoms with Crippen molar-refractivity contribution in [1.82, 2.24) is 0 Å². The zero-order chi connectivity index (χ0) is 8.01. The second-order valence-electron chi connectivity index (χ2n) is 2.59. The predicted molar refractivity (Wildman–Crippen MR) is 45.7 cm³/mol. The molecule has 2 rings (SSSR count). The van der Waals surface area contributed by atoms with Crippen LogP contribution in [0.2, 0.25) is 0 Å². The second-order valence-corrected chi connectivity index (χ2v) is 3.84. The molecule has 2 heterocycles. The lowest BCUT2D eigenvalue weighted by Gasteiger charge is -1.89. The number of aryl methyl sites for hydroxylation is 1. The average Bonchev–Trinajstić information content (AvgIpc) is 2.41. The summed E-state index contributed by atoms with van der Waals surface area (Å²) in [6.07, 6.45) is 1.66. The normalized spacial score (nSPS) is 14.2. The number of thiophene rings is 1. The number of fused-ring (bicyclic) bond motifs is 1. The van der Waals surface area contributed by atoms with Gasteiger partial charge in [-0.3, -0.25) is 4.79 Å². The van der Waals surface area contributed by atoms with Gasteiger partial charge in [-0.2, -0.15) is 0 Å². The van der Waals surface area contributed by atoms with E-state index >= 15 is 0 Å². The van der Waals surface area contributed by atoms with Crippen LogP contribution in [-0.2, 0) is 0 Å². The molecule has 1 aromatic rings. The van der Waals surface area contributed by atoms with E-state index in [2.05, 4.69) is 4.99 Å². The standard InChI is InChI=1S/C8H7NOS/c1-4-5(2)11-6-3-9-8(10)7(4)6/h3H,1-2H3. The van der Waals surface area contributed by atoms with Gasteiger partial charge in [-0.05, 0) is 19.4 Å². The molecule has 0 fully saturated rings. The van der Waals surface area contributed by atoms with Gasteiger partial charge in [-0.15, -0.1) is 11.3 Å². The summed E-state index contributed by atoms with van der Waals surface area (Å²) in [4.78, 5) is 17.1. The summed E-state index contributed by atoms with van der Waals surface area (Å²) in [6.45, 7) is 4.00. The van der Waals surface area contributed by atoms with Gasteiger partial charge in [0.1, 0.15) is 0 Å². The smallest absolute Gasteiger partial charge is 0.267 e. The van der Waals surface area contributed by atoms with Crippen molar-refractivity contribution in [3.8, 4) is 0 Å². The molecule has 0 aromatic carbocycles. The first-order chi connectivity index (χ1) is 5.20. The molecule has 0 N–H and O–H groups in total. The molecule has 1 aromatic heterocycles. The fourth-order valence-corrected chi connectivity index (χ4v) is 2.22. The molecule has 1 aliphatic rings. The third-order valence-electron chi connectivity index (χ3n) is 1.93. The van der Waals surface area contributed by atoms with Gasteiger partial charge in [-0.25, -0.2) is 4.99 Å². The van der Waals surface area contributed by atoms with Gasteiger partial charge >= 0.3 is 0 Å². The van der Waals surface area contributed by atoms with Gasteiger partial charge in [0.05, 0.1) is 10.4 Å². The van der Waals surface area contributed by atoms with E-state index in [-0.39, 0.29) is 5.91 Å². The Hall–Kier alpha value is -0.960. The van der Waals surface area contributed by atoms with E-state index in [1.807, 2.05) is 13.8 Å². The molecular formula is C8H7NOS. The van der Waals surface area contributed by atoms with Crippen molar-refractivity contribution in [2.75, 3.05) is 0 Å². The molecule has 0 aliphatic carbocycles. The Morgan fingerprint density at radius 2 is 2.18 bits per heavy atom. The van der Waals surface area contributed by atoms with Crippen LogP contribution in [0.4, 0.5) is 0 Å². The Kier molecular flexibility index (Phi) is 1.23. The molecule has 2 nitrogen and oxygen atoms in total. The summed E-state index contributed by atoms with van der Waals surface area (Å²) < 4.78 is 0. The summed E-state index contributed by atoms with van der Waals surface area (Å²) in [5, 5.41) is 0. The molecule has 0 radical (unpaired) electrons. The Balaban J connectivity index is 2.75. The molecule has 0 unspecified atom stereocenters. The van der Waals surface area contributed by atoms with Crippen LogP contribution in [0.15, 0.2) is 4.99 Å². The Labute approximate surface area is 68.6 Å². The lowest BCUT2D eigenvalue weighted by Crippen LogP contribution is -1.90. The van der Waals surface area contributed by atoms with Gasteiger partial charge in [0.25, 0.3) is 5.91 Å². The lowest BCUT2D eigenvalue weighted by atomic mass is 10.1. The Morgan fingerprint density at radius 1 is 1.45 bits per heavy atom. The van der Waals surface area contributed by atoms with E-state index in [0.717, 1.165) is 16.0 Å². The predicted octanol–water partition coefficient (Wildman–Crippen LogP) is 1.94. The topological polar surface area (TPSA) is 29.4 Å². The van der Waals surface area contributed by atoms with Crippen LogP contribution >= 0.6 is 11.3 Å². The van der Waals surface area contributed by atoms with E-state index in [9.17, 15) is 4.79 Å². The molecule has 0 bridgehead atoms. The quantitative estimate of drug-likeness (QED) is 0.577. The number of aliphatic imine (C=N–C) groups is 1. The third kappa shape index (κ3) is 0.775. The van der Waals surface area contributed by atoms with Gasteiger partial charge in [-0.1, -0.05) is 0 Å². The number of hydrogen-bond acceptors (Lipinski definition) is 2. The highest BCUT2D eigenvalue weighted by Crippen LogP contribution is 2.29. The average molecular weight is 165 g/mol. The summed E-state index contributed by atoms with van der Waals surface area (Å²) in [5.74, 6) is -0.0816. The minimum Gasteiger partial charge on any atom is -0.267 e. The molecule has 56 valence electrons. The molecule has 11 heavy (non-hydrogen) atoms. The number of carbonyl (C=O) groups is 1. The fraction of sp³-hybridized carbons (Fsp3) is 0.250. The summed E-state index contributed by atoms with van der Waals surface area (Å²) >= 11 is 1.64. The maximum absolute atomic E-state index is 11.1. The van der Waals surface area contributed by atoms with Gasteiger partial charge in [0.2, 0.25) is 0 Å². The number of nitrogens with zero attached hydrogens (tertiary/aromatic N) is 1. The van der Waals surface area contributed by atoms with Crippen LogP contribution in [-0.4, -0.2) is 12.1 Å². The van der Waals surface area contributed by atoms with E-state index < -0.39 is 0 Å². The van der Waals surface area contributed by atoms with E-state index in [4.69, 9.17) is 0 Å². The van der Waals surface area contributed by atoms with Crippen molar-refractivity contribution >= 4 is 23.5 Å². The minimum absolute atomic E-state index is 0.0816. The second kappa shape index (κ2) is 2.01. The van der Waals surface area contributed by atoms with Gasteiger partial charge in [0, 0.05) is 11.1 Å². The number of carbonyl (C=O) groups excluding carboxylic acids is 1. The molecule has 0 spiro atoms. The van der Waals surface area contributed by atoms with Crippen molar-refractivity contribution in [1.29, 1.82) is 0 Å². The molecule has 0 atom stereocenters.